The molecule has 0 saturated carbocycles. The van der Waals surface area contributed by atoms with Crippen molar-refractivity contribution in [1.82, 2.24) is 5.32 Å². The molecular weight excluding hydrogens is 423 g/mol. The molecule has 6 nitrogen and oxygen atoms in total. The van der Waals surface area contributed by atoms with Gasteiger partial charge in [-0.3, -0.25) is 14.9 Å². The van der Waals surface area contributed by atoms with E-state index in [4.69, 9.17) is 4.74 Å². The number of halogens is 1. The number of para-hydroxylation sites is 1. The summed E-state index contributed by atoms with van der Waals surface area (Å²) in [7, 11) is 0. The van der Waals surface area contributed by atoms with Crippen LogP contribution in [0.3, 0.4) is 0 Å². The highest BCUT2D eigenvalue weighted by Crippen LogP contribution is 2.26. The van der Waals surface area contributed by atoms with Crippen LogP contribution in [0.15, 0.2) is 78.4 Å². The average molecular weight is 444 g/mol. The second kappa shape index (κ2) is 9.48. The number of imide groups is 2. The van der Waals surface area contributed by atoms with Crippen LogP contribution >= 0.6 is 0 Å². The molecule has 1 fully saturated rings. The fourth-order valence-corrected chi connectivity index (χ4v) is 3.48. The fraction of sp³-hybridized carbons (Fsp3) is 0.115. The van der Waals surface area contributed by atoms with Gasteiger partial charge in [0.05, 0.1) is 5.69 Å². The van der Waals surface area contributed by atoms with Crippen molar-refractivity contribution < 1.29 is 23.5 Å². The maximum absolute atomic E-state index is 13.1. The third-order valence-corrected chi connectivity index (χ3v) is 5.22. The number of nitrogens with one attached hydrogen (secondary N) is 1. The minimum Gasteiger partial charge on any atom is -0.489 e. The van der Waals surface area contributed by atoms with Gasteiger partial charge in [0.15, 0.2) is 0 Å². The van der Waals surface area contributed by atoms with Gasteiger partial charge in [0.2, 0.25) is 0 Å². The molecule has 1 saturated heterocycles. The minimum absolute atomic E-state index is 0.138. The Bertz CT molecular complexity index is 1230. The molecule has 1 heterocycles. The lowest BCUT2D eigenvalue weighted by atomic mass is 10.0. The Balaban J connectivity index is 1.53. The number of ether oxygens (including phenoxy) is 1. The van der Waals surface area contributed by atoms with Gasteiger partial charge in [0.25, 0.3) is 11.8 Å². The average Bonchev–Trinajstić information content (AvgIpc) is 2.82. The maximum atomic E-state index is 13.1. The molecule has 3 aromatic carbocycles. The normalized spacial score (nSPS) is 15.0. The van der Waals surface area contributed by atoms with E-state index in [0.29, 0.717) is 23.4 Å². The molecule has 0 aromatic heterocycles. The van der Waals surface area contributed by atoms with Crippen molar-refractivity contribution >= 4 is 29.6 Å². The van der Waals surface area contributed by atoms with Gasteiger partial charge in [-0.2, -0.15) is 0 Å². The monoisotopic (exact) mass is 444 g/mol. The van der Waals surface area contributed by atoms with Crippen molar-refractivity contribution in [3.05, 3.63) is 101 Å². The Labute approximate surface area is 190 Å². The molecule has 0 aliphatic carbocycles. The van der Waals surface area contributed by atoms with E-state index in [1.165, 1.54) is 18.2 Å². The van der Waals surface area contributed by atoms with E-state index in [2.05, 4.69) is 5.32 Å². The number of rotatable bonds is 6. The van der Waals surface area contributed by atoms with Crippen molar-refractivity contribution in [2.24, 2.45) is 0 Å². The maximum Gasteiger partial charge on any atom is 0.335 e. The summed E-state index contributed by atoms with van der Waals surface area (Å²) in [6.45, 7) is 2.20. The van der Waals surface area contributed by atoms with Crippen LogP contribution in [0, 0.1) is 5.82 Å². The first-order chi connectivity index (χ1) is 16.0. The van der Waals surface area contributed by atoms with Crippen molar-refractivity contribution in [3.8, 4) is 5.75 Å². The number of nitrogens with zero attached hydrogens (tertiary/aromatic N) is 1. The second-order valence-electron chi connectivity index (χ2n) is 7.42. The third-order valence-electron chi connectivity index (χ3n) is 5.22. The lowest BCUT2D eigenvalue weighted by molar-refractivity contribution is -0.122. The van der Waals surface area contributed by atoms with E-state index in [1.807, 2.05) is 19.1 Å². The standard InChI is InChI=1S/C26H21FN2O4/c1-2-19-5-3-4-6-23(19)29-25(31)22(24(30)28-26(29)32)15-17-9-13-21(14-10-17)33-16-18-7-11-20(27)12-8-18/h3-15H,2,16H2,1H3,(H,28,30,32)/b22-15-. The molecule has 166 valence electrons. The number of hydrogen-bond acceptors (Lipinski definition) is 4. The lowest BCUT2D eigenvalue weighted by Crippen LogP contribution is -2.54. The molecular formula is C26H21FN2O4. The van der Waals surface area contributed by atoms with E-state index in [0.717, 1.165) is 16.0 Å². The summed E-state index contributed by atoms with van der Waals surface area (Å²) in [5, 5.41) is 2.24. The van der Waals surface area contributed by atoms with Gasteiger partial charge < -0.3 is 4.74 Å². The van der Waals surface area contributed by atoms with E-state index < -0.39 is 17.8 Å². The Kier molecular flexibility index (Phi) is 6.31. The zero-order chi connectivity index (χ0) is 23.4. The summed E-state index contributed by atoms with van der Waals surface area (Å²) in [4.78, 5) is 38.9. The summed E-state index contributed by atoms with van der Waals surface area (Å²) < 4.78 is 18.7. The summed E-state index contributed by atoms with van der Waals surface area (Å²) in [5.74, 6) is -1.15. The van der Waals surface area contributed by atoms with Gasteiger partial charge in [-0.05, 0) is 59.5 Å². The lowest BCUT2D eigenvalue weighted by Gasteiger charge is -2.27. The van der Waals surface area contributed by atoms with Crippen LogP contribution in [0.5, 0.6) is 5.75 Å². The van der Waals surface area contributed by atoms with E-state index in [9.17, 15) is 18.8 Å². The largest absolute Gasteiger partial charge is 0.489 e. The van der Waals surface area contributed by atoms with Crippen molar-refractivity contribution in [2.45, 2.75) is 20.0 Å². The highest BCUT2D eigenvalue weighted by molar-refractivity contribution is 6.39. The summed E-state index contributed by atoms with van der Waals surface area (Å²) in [6, 6.07) is 19.1. The second-order valence-corrected chi connectivity index (χ2v) is 7.42. The van der Waals surface area contributed by atoms with Gasteiger partial charge in [-0.15, -0.1) is 0 Å². The molecule has 3 aromatic rings. The van der Waals surface area contributed by atoms with Crippen molar-refractivity contribution in [2.75, 3.05) is 4.90 Å². The van der Waals surface area contributed by atoms with Crippen LogP contribution < -0.4 is 15.0 Å². The Morgan fingerprint density at radius 1 is 0.939 bits per heavy atom. The number of hydrogen-bond donors (Lipinski definition) is 1. The summed E-state index contributed by atoms with van der Waals surface area (Å²) in [5.41, 5.74) is 2.55. The first-order valence-corrected chi connectivity index (χ1v) is 10.4. The molecule has 1 N–H and O–H groups in total. The molecule has 0 radical (unpaired) electrons. The van der Waals surface area contributed by atoms with Gasteiger partial charge >= 0.3 is 6.03 Å². The number of carbonyl (C=O) groups is 3. The quantitative estimate of drug-likeness (QED) is 0.444. The predicted molar refractivity (Wildman–Crippen MR) is 122 cm³/mol. The molecule has 0 bridgehead atoms. The smallest absolute Gasteiger partial charge is 0.335 e. The highest BCUT2D eigenvalue weighted by Gasteiger charge is 2.37. The number of benzene rings is 3. The molecule has 0 unspecified atom stereocenters. The Morgan fingerprint density at radius 3 is 2.33 bits per heavy atom. The molecule has 7 heteroatoms. The molecule has 1 aliphatic heterocycles. The highest BCUT2D eigenvalue weighted by atomic mass is 19.1. The molecule has 0 atom stereocenters. The number of carbonyl (C=O) groups excluding carboxylic acids is 3. The van der Waals surface area contributed by atoms with Crippen LogP contribution in [0.25, 0.3) is 6.08 Å². The molecule has 33 heavy (non-hydrogen) atoms. The zero-order valence-corrected chi connectivity index (χ0v) is 17.9. The van der Waals surface area contributed by atoms with Crippen molar-refractivity contribution in [3.63, 3.8) is 0 Å². The first-order valence-electron chi connectivity index (χ1n) is 10.4. The van der Waals surface area contributed by atoms with Gasteiger partial charge in [0.1, 0.15) is 23.7 Å². The number of anilines is 1. The van der Waals surface area contributed by atoms with Crippen LogP contribution in [-0.2, 0) is 22.6 Å². The predicted octanol–water partition coefficient (Wildman–Crippen LogP) is 4.63. The Hall–Kier alpha value is -4.26. The van der Waals surface area contributed by atoms with E-state index in [1.54, 1.807) is 48.5 Å². The molecule has 4 rings (SSSR count). The molecule has 4 amide bonds. The number of urea groups is 1. The van der Waals surface area contributed by atoms with E-state index >= 15 is 0 Å². The first kappa shape index (κ1) is 22.0. The topological polar surface area (TPSA) is 75.7 Å². The molecule has 1 aliphatic rings. The number of aryl methyl sites for hydroxylation is 1. The number of amides is 4. The summed E-state index contributed by atoms with van der Waals surface area (Å²) >= 11 is 0. The summed E-state index contributed by atoms with van der Waals surface area (Å²) in [6.07, 6.45) is 2.06. The van der Waals surface area contributed by atoms with Crippen LogP contribution in [0.2, 0.25) is 0 Å². The number of barbiturate groups is 1. The fourth-order valence-electron chi connectivity index (χ4n) is 3.48. The van der Waals surface area contributed by atoms with Gasteiger partial charge in [-0.1, -0.05) is 49.4 Å². The minimum atomic E-state index is -0.771. The third kappa shape index (κ3) is 4.82. The zero-order valence-electron chi connectivity index (χ0n) is 17.9. The van der Waals surface area contributed by atoms with Crippen LogP contribution in [0.1, 0.15) is 23.6 Å². The SMILES string of the molecule is CCc1ccccc1N1C(=O)NC(=O)/C(=C/c2ccc(OCc3ccc(F)cc3)cc2)C1=O. The van der Waals surface area contributed by atoms with Crippen LogP contribution in [0.4, 0.5) is 14.9 Å². The Morgan fingerprint density at radius 2 is 1.64 bits per heavy atom. The van der Waals surface area contributed by atoms with Crippen LogP contribution in [-0.4, -0.2) is 17.8 Å². The van der Waals surface area contributed by atoms with E-state index in [-0.39, 0.29) is 18.0 Å². The van der Waals surface area contributed by atoms with Gasteiger partial charge in [0, 0.05) is 0 Å². The van der Waals surface area contributed by atoms with Gasteiger partial charge in [-0.25, -0.2) is 14.1 Å². The van der Waals surface area contributed by atoms with Crippen molar-refractivity contribution in [1.29, 1.82) is 0 Å². The molecule has 0 spiro atoms.